The molecular weight excluding hydrogens is 334 g/mol. The summed E-state index contributed by atoms with van der Waals surface area (Å²) in [5.41, 5.74) is 0. The quantitative estimate of drug-likeness (QED) is 0.391. The Hall–Kier alpha value is -1.77. The smallest absolute Gasteiger partial charge is 0.303 e. The van der Waals surface area contributed by atoms with E-state index in [1.165, 1.54) is 0 Å². The van der Waals surface area contributed by atoms with Gasteiger partial charge in [-0.05, 0) is 31.8 Å². The lowest BCUT2D eigenvalue weighted by Crippen LogP contribution is -2.49. The van der Waals surface area contributed by atoms with Gasteiger partial charge in [-0.1, -0.05) is 6.92 Å². The molecule has 0 bridgehead atoms. The van der Waals surface area contributed by atoms with E-state index in [2.05, 4.69) is 16.0 Å². The van der Waals surface area contributed by atoms with Crippen LogP contribution in [-0.2, 0) is 19.2 Å². The predicted molar refractivity (Wildman–Crippen MR) is 92.7 cm³/mol. The summed E-state index contributed by atoms with van der Waals surface area (Å²) in [4.78, 5) is 45.9. The minimum atomic E-state index is -1.06. The third-order valence-corrected chi connectivity index (χ3v) is 3.85. The first-order valence-corrected chi connectivity index (χ1v) is 9.26. The van der Waals surface area contributed by atoms with Gasteiger partial charge in [-0.25, -0.2) is 0 Å². The highest BCUT2D eigenvalue weighted by Gasteiger charge is 2.21. The van der Waals surface area contributed by atoms with Crippen LogP contribution in [0.1, 0.15) is 39.5 Å². The summed E-state index contributed by atoms with van der Waals surface area (Å²) in [7, 11) is 0. The maximum absolute atomic E-state index is 12.1. The maximum Gasteiger partial charge on any atom is 0.303 e. The third kappa shape index (κ3) is 10.9. The van der Waals surface area contributed by atoms with Gasteiger partial charge in [0.1, 0.15) is 6.04 Å². The van der Waals surface area contributed by atoms with Crippen molar-refractivity contribution >= 4 is 35.5 Å². The molecule has 0 saturated carbocycles. The fourth-order valence-electron chi connectivity index (χ4n) is 1.82. The van der Waals surface area contributed by atoms with Crippen molar-refractivity contribution in [2.45, 2.75) is 51.6 Å². The Bertz CT molecular complexity index is 445. The van der Waals surface area contributed by atoms with Crippen LogP contribution < -0.4 is 16.0 Å². The van der Waals surface area contributed by atoms with Crippen LogP contribution in [0.15, 0.2) is 0 Å². The number of hydrogen-bond acceptors (Lipinski definition) is 5. The number of nitrogens with one attached hydrogen (secondary N) is 3. The van der Waals surface area contributed by atoms with Crippen LogP contribution in [0.2, 0.25) is 0 Å². The Morgan fingerprint density at radius 1 is 1.08 bits per heavy atom. The number of aliphatic carboxylic acids is 1. The van der Waals surface area contributed by atoms with Crippen molar-refractivity contribution in [1.29, 1.82) is 0 Å². The summed E-state index contributed by atoms with van der Waals surface area (Å²) >= 11 is 1.69. The van der Waals surface area contributed by atoms with Gasteiger partial charge in [-0.2, -0.15) is 11.8 Å². The molecule has 0 aliphatic heterocycles. The van der Waals surface area contributed by atoms with Gasteiger partial charge in [0.15, 0.2) is 0 Å². The van der Waals surface area contributed by atoms with Crippen molar-refractivity contribution in [1.82, 2.24) is 16.0 Å². The van der Waals surface area contributed by atoms with Crippen molar-refractivity contribution < 1.29 is 24.3 Å². The zero-order valence-corrected chi connectivity index (χ0v) is 15.2. The monoisotopic (exact) mass is 361 g/mol. The molecule has 3 amide bonds. The minimum Gasteiger partial charge on any atom is -0.481 e. The van der Waals surface area contributed by atoms with E-state index in [1.807, 2.05) is 13.2 Å². The zero-order chi connectivity index (χ0) is 18.5. The van der Waals surface area contributed by atoms with Crippen LogP contribution in [-0.4, -0.2) is 59.4 Å². The fraction of sp³-hybridized carbons (Fsp3) is 0.733. The first kappa shape index (κ1) is 22.2. The van der Waals surface area contributed by atoms with Crippen LogP contribution >= 0.6 is 11.8 Å². The molecule has 0 aliphatic carbocycles. The molecule has 2 unspecified atom stereocenters. The van der Waals surface area contributed by atoms with Crippen LogP contribution in [0.5, 0.6) is 0 Å². The number of hydrogen-bond donors (Lipinski definition) is 4. The van der Waals surface area contributed by atoms with Crippen molar-refractivity contribution in [3.05, 3.63) is 0 Å². The Labute approximate surface area is 146 Å². The van der Waals surface area contributed by atoms with Gasteiger partial charge >= 0.3 is 5.97 Å². The molecule has 0 aromatic heterocycles. The molecule has 0 spiro atoms. The van der Waals surface area contributed by atoms with E-state index in [-0.39, 0.29) is 43.7 Å². The summed E-state index contributed by atoms with van der Waals surface area (Å²) < 4.78 is 0. The van der Waals surface area contributed by atoms with Crippen molar-refractivity contribution in [2.24, 2.45) is 0 Å². The average Bonchev–Trinajstić information content (AvgIpc) is 2.53. The Balaban J connectivity index is 4.39. The lowest BCUT2D eigenvalue weighted by Gasteiger charge is -2.18. The van der Waals surface area contributed by atoms with Gasteiger partial charge in [-0.3, -0.25) is 19.2 Å². The molecule has 0 aromatic rings. The molecule has 0 aliphatic rings. The highest BCUT2D eigenvalue weighted by atomic mass is 32.2. The fourth-order valence-corrected chi connectivity index (χ4v) is 2.41. The molecule has 0 fully saturated rings. The number of carbonyl (C=O) groups excluding carboxylic acids is 3. The number of thioether (sulfide) groups is 1. The van der Waals surface area contributed by atoms with Gasteiger partial charge in [0.05, 0.1) is 6.54 Å². The normalized spacial score (nSPS) is 12.8. The van der Waals surface area contributed by atoms with E-state index in [0.717, 1.165) is 12.2 Å². The Morgan fingerprint density at radius 2 is 1.75 bits per heavy atom. The molecule has 0 heterocycles. The molecule has 24 heavy (non-hydrogen) atoms. The van der Waals surface area contributed by atoms with Gasteiger partial charge in [0, 0.05) is 18.9 Å². The molecule has 8 nitrogen and oxygen atoms in total. The topological polar surface area (TPSA) is 125 Å². The second-order valence-electron chi connectivity index (χ2n) is 5.37. The second-order valence-corrected chi connectivity index (χ2v) is 6.36. The second kappa shape index (κ2) is 12.6. The minimum absolute atomic E-state index is 0.00412. The zero-order valence-electron chi connectivity index (χ0n) is 14.4. The summed E-state index contributed by atoms with van der Waals surface area (Å²) in [6.07, 6.45) is 2.72. The van der Waals surface area contributed by atoms with E-state index in [0.29, 0.717) is 0 Å². The summed E-state index contributed by atoms with van der Waals surface area (Å²) in [6.45, 7) is 3.30. The third-order valence-electron chi connectivity index (χ3n) is 3.21. The van der Waals surface area contributed by atoms with Gasteiger partial charge < -0.3 is 21.1 Å². The van der Waals surface area contributed by atoms with E-state index in [1.54, 1.807) is 18.7 Å². The SMILES string of the molecule is CCC(=O)NC(CCC(=O)O)C(=O)NCC(=O)NC(C)CCSC. The number of carboxylic acid groups (broad SMARTS) is 1. The standard InChI is InChI=1S/C15H27N3O5S/c1-4-12(19)18-11(5-6-14(21)22)15(23)16-9-13(20)17-10(2)7-8-24-3/h10-11H,4-9H2,1-3H3,(H,16,23)(H,17,20)(H,18,19)(H,21,22). The van der Waals surface area contributed by atoms with E-state index >= 15 is 0 Å². The first-order valence-electron chi connectivity index (χ1n) is 7.87. The number of rotatable bonds is 12. The van der Waals surface area contributed by atoms with Crippen LogP contribution in [0.3, 0.4) is 0 Å². The number of carbonyl (C=O) groups is 4. The highest BCUT2D eigenvalue weighted by molar-refractivity contribution is 7.98. The average molecular weight is 361 g/mol. The Kier molecular flexibility index (Phi) is 11.7. The highest BCUT2D eigenvalue weighted by Crippen LogP contribution is 2.00. The maximum atomic E-state index is 12.1. The summed E-state index contributed by atoms with van der Waals surface area (Å²) in [6, 6.07) is -0.959. The first-order chi connectivity index (χ1) is 11.3. The van der Waals surface area contributed by atoms with Crippen molar-refractivity contribution in [3.63, 3.8) is 0 Å². The van der Waals surface area contributed by atoms with Crippen LogP contribution in [0.25, 0.3) is 0 Å². The van der Waals surface area contributed by atoms with Gasteiger partial charge in [0.2, 0.25) is 17.7 Å². The summed E-state index contributed by atoms with van der Waals surface area (Å²) in [5.74, 6) is -1.37. The number of carboxylic acids is 1. The van der Waals surface area contributed by atoms with Crippen LogP contribution in [0, 0.1) is 0 Å². The van der Waals surface area contributed by atoms with Gasteiger partial charge in [-0.15, -0.1) is 0 Å². The van der Waals surface area contributed by atoms with E-state index < -0.39 is 17.9 Å². The number of amides is 3. The van der Waals surface area contributed by atoms with Gasteiger partial charge in [0.25, 0.3) is 0 Å². The molecular formula is C15H27N3O5S. The summed E-state index contributed by atoms with van der Waals surface area (Å²) in [5, 5.41) is 16.4. The molecule has 0 saturated heterocycles. The molecule has 2 atom stereocenters. The molecule has 0 aromatic carbocycles. The largest absolute Gasteiger partial charge is 0.481 e. The van der Waals surface area contributed by atoms with Crippen molar-refractivity contribution in [2.75, 3.05) is 18.6 Å². The molecule has 0 rings (SSSR count). The van der Waals surface area contributed by atoms with E-state index in [4.69, 9.17) is 5.11 Å². The molecule has 4 N–H and O–H groups in total. The van der Waals surface area contributed by atoms with E-state index in [9.17, 15) is 19.2 Å². The predicted octanol–water partition coefficient (Wildman–Crippen LogP) is 0.120. The van der Waals surface area contributed by atoms with Crippen molar-refractivity contribution in [3.8, 4) is 0 Å². The molecule has 9 heteroatoms. The molecule has 138 valence electrons. The molecule has 0 radical (unpaired) electrons. The lowest BCUT2D eigenvalue weighted by molar-refractivity contribution is -0.138. The van der Waals surface area contributed by atoms with Crippen LogP contribution in [0.4, 0.5) is 0 Å². The lowest BCUT2D eigenvalue weighted by atomic mass is 10.1. The Morgan fingerprint density at radius 3 is 2.29 bits per heavy atom.